The zero-order valence-electron chi connectivity index (χ0n) is 11.6. The Hall–Kier alpha value is -2.11. The van der Waals surface area contributed by atoms with Crippen molar-refractivity contribution in [1.82, 2.24) is 4.90 Å². The number of carbonyl (C=O) groups excluding carboxylic acids is 1. The van der Waals surface area contributed by atoms with Gasteiger partial charge < -0.3 is 10.0 Å². The quantitative estimate of drug-likeness (QED) is 0.680. The Morgan fingerprint density at radius 1 is 1.50 bits per heavy atom. The highest BCUT2D eigenvalue weighted by Crippen LogP contribution is 2.31. The number of benzene rings is 1. The molecule has 0 saturated carbocycles. The minimum absolute atomic E-state index is 0.157. The molecule has 0 aromatic heterocycles. The Labute approximate surface area is 117 Å². The fourth-order valence-electron chi connectivity index (χ4n) is 2.80. The fraction of sp³-hybridized carbons (Fsp3) is 0.500. The second kappa shape index (κ2) is 5.48. The molecule has 1 aromatic rings. The topological polar surface area (TPSA) is 83.7 Å². The van der Waals surface area contributed by atoms with Crippen LogP contribution >= 0.6 is 0 Å². The van der Waals surface area contributed by atoms with Crippen LogP contribution in [0.25, 0.3) is 0 Å². The van der Waals surface area contributed by atoms with Crippen LogP contribution in [0.15, 0.2) is 18.2 Å². The summed E-state index contributed by atoms with van der Waals surface area (Å²) in [6, 6.07) is 4.11. The first-order valence-corrected chi connectivity index (χ1v) is 6.75. The maximum absolute atomic E-state index is 12.5. The molecule has 1 saturated heterocycles. The zero-order chi connectivity index (χ0) is 14.9. The molecule has 1 fully saturated rings. The lowest BCUT2D eigenvalue weighted by Crippen LogP contribution is -2.39. The van der Waals surface area contributed by atoms with Crippen molar-refractivity contribution in [3.8, 4) is 5.75 Å². The summed E-state index contributed by atoms with van der Waals surface area (Å²) < 4.78 is 0. The van der Waals surface area contributed by atoms with Gasteiger partial charge in [0.1, 0.15) is 0 Å². The summed E-state index contributed by atoms with van der Waals surface area (Å²) in [7, 11) is 0. The highest BCUT2D eigenvalue weighted by molar-refractivity contribution is 5.95. The molecule has 1 aliphatic heterocycles. The van der Waals surface area contributed by atoms with Crippen LogP contribution in [0.1, 0.15) is 43.5 Å². The first-order valence-electron chi connectivity index (χ1n) is 6.75. The normalized spacial score (nSPS) is 22.0. The number of phenols is 1. The van der Waals surface area contributed by atoms with Gasteiger partial charge in [-0.15, -0.1) is 0 Å². The smallest absolute Gasteiger partial charge is 0.310 e. The average Bonchev–Trinajstić information content (AvgIpc) is 2.78. The Morgan fingerprint density at radius 3 is 2.75 bits per heavy atom. The molecule has 108 valence electrons. The average molecular weight is 278 g/mol. The van der Waals surface area contributed by atoms with Crippen LogP contribution < -0.4 is 0 Å². The van der Waals surface area contributed by atoms with Crippen molar-refractivity contribution in [2.45, 2.75) is 45.2 Å². The van der Waals surface area contributed by atoms with E-state index in [1.165, 1.54) is 18.2 Å². The second-order valence-electron chi connectivity index (χ2n) is 5.16. The van der Waals surface area contributed by atoms with Crippen molar-refractivity contribution < 1.29 is 14.8 Å². The summed E-state index contributed by atoms with van der Waals surface area (Å²) in [6.45, 7) is 4.04. The molecule has 1 amide bonds. The highest BCUT2D eigenvalue weighted by Gasteiger charge is 2.34. The van der Waals surface area contributed by atoms with Gasteiger partial charge in [-0.1, -0.05) is 6.92 Å². The first-order chi connectivity index (χ1) is 9.45. The lowest BCUT2D eigenvalue weighted by molar-refractivity contribution is -0.385. The molecule has 6 nitrogen and oxygen atoms in total. The van der Waals surface area contributed by atoms with Gasteiger partial charge in [0.05, 0.1) is 4.92 Å². The van der Waals surface area contributed by atoms with E-state index in [0.717, 1.165) is 19.3 Å². The van der Waals surface area contributed by atoms with E-state index in [2.05, 4.69) is 0 Å². The third kappa shape index (κ3) is 2.45. The van der Waals surface area contributed by atoms with Crippen LogP contribution in [0, 0.1) is 10.1 Å². The van der Waals surface area contributed by atoms with Gasteiger partial charge in [0.15, 0.2) is 5.75 Å². The number of phenolic OH excluding ortho intramolecular Hbond substituents is 1. The Bertz CT molecular complexity index is 544. The number of nitro groups is 1. The molecule has 2 atom stereocenters. The number of hydrogen-bond acceptors (Lipinski definition) is 4. The van der Waals surface area contributed by atoms with E-state index in [1.54, 1.807) is 0 Å². The molecule has 1 heterocycles. The van der Waals surface area contributed by atoms with Crippen molar-refractivity contribution >= 4 is 11.6 Å². The lowest BCUT2D eigenvalue weighted by Gasteiger charge is -2.28. The summed E-state index contributed by atoms with van der Waals surface area (Å²) >= 11 is 0. The maximum Gasteiger partial charge on any atom is 0.310 e. The summed E-state index contributed by atoms with van der Waals surface area (Å²) in [4.78, 5) is 24.3. The molecule has 0 bridgehead atoms. The minimum atomic E-state index is -0.670. The van der Waals surface area contributed by atoms with E-state index in [0.29, 0.717) is 5.56 Å². The molecule has 1 N–H and O–H groups in total. The molecule has 2 unspecified atom stereocenters. The van der Waals surface area contributed by atoms with Crippen LogP contribution in [-0.4, -0.2) is 32.9 Å². The Morgan fingerprint density at radius 2 is 2.20 bits per heavy atom. The third-order valence-corrected chi connectivity index (χ3v) is 3.91. The lowest BCUT2D eigenvalue weighted by atomic mass is 10.1. The highest BCUT2D eigenvalue weighted by atomic mass is 16.6. The molecular formula is C14H18N2O4. The number of nitrogens with zero attached hydrogens (tertiary/aromatic N) is 2. The first kappa shape index (κ1) is 14.3. The van der Waals surface area contributed by atoms with E-state index < -0.39 is 10.7 Å². The molecular weight excluding hydrogens is 260 g/mol. The third-order valence-electron chi connectivity index (χ3n) is 3.91. The van der Waals surface area contributed by atoms with Gasteiger partial charge >= 0.3 is 5.69 Å². The van der Waals surface area contributed by atoms with Crippen LogP contribution in [-0.2, 0) is 0 Å². The number of carbonyl (C=O) groups is 1. The fourth-order valence-corrected chi connectivity index (χ4v) is 2.80. The molecule has 2 rings (SSSR count). The SMILES string of the molecule is CCC1CCC(C)N1C(=O)c1ccc([N+](=O)[O-])c(O)c1. The maximum atomic E-state index is 12.5. The Balaban J connectivity index is 2.29. The van der Waals surface area contributed by atoms with E-state index in [-0.39, 0.29) is 23.7 Å². The van der Waals surface area contributed by atoms with Gasteiger partial charge in [-0.05, 0) is 38.3 Å². The predicted octanol–water partition coefficient (Wildman–Crippen LogP) is 2.70. The molecule has 1 aliphatic rings. The molecule has 6 heteroatoms. The molecule has 20 heavy (non-hydrogen) atoms. The molecule has 1 aromatic carbocycles. The number of aromatic hydroxyl groups is 1. The summed E-state index contributed by atoms with van der Waals surface area (Å²) in [6.07, 6.45) is 2.82. The van der Waals surface area contributed by atoms with Crippen molar-refractivity contribution in [2.75, 3.05) is 0 Å². The van der Waals surface area contributed by atoms with Crippen LogP contribution in [0.5, 0.6) is 5.75 Å². The number of nitro benzene ring substituents is 1. The van der Waals surface area contributed by atoms with Crippen LogP contribution in [0.2, 0.25) is 0 Å². The Kier molecular flexibility index (Phi) is 3.92. The van der Waals surface area contributed by atoms with E-state index >= 15 is 0 Å². The van der Waals surface area contributed by atoms with Crippen LogP contribution in [0.3, 0.4) is 0 Å². The number of hydrogen-bond donors (Lipinski definition) is 1. The minimum Gasteiger partial charge on any atom is -0.502 e. The predicted molar refractivity (Wildman–Crippen MR) is 73.7 cm³/mol. The van der Waals surface area contributed by atoms with Crippen molar-refractivity contribution in [3.05, 3.63) is 33.9 Å². The summed E-state index contributed by atoms with van der Waals surface area (Å²) in [5.74, 6) is -0.646. The van der Waals surface area contributed by atoms with Crippen LogP contribution in [0.4, 0.5) is 5.69 Å². The monoisotopic (exact) mass is 278 g/mol. The second-order valence-corrected chi connectivity index (χ2v) is 5.16. The summed E-state index contributed by atoms with van der Waals surface area (Å²) in [5, 5.41) is 20.3. The van der Waals surface area contributed by atoms with Gasteiger partial charge in [0.25, 0.3) is 5.91 Å². The van der Waals surface area contributed by atoms with Crippen molar-refractivity contribution in [2.24, 2.45) is 0 Å². The molecule has 0 spiro atoms. The van der Waals surface area contributed by atoms with E-state index in [1.807, 2.05) is 18.7 Å². The van der Waals surface area contributed by atoms with E-state index in [4.69, 9.17) is 0 Å². The van der Waals surface area contributed by atoms with E-state index in [9.17, 15) is 20.0 Å². The molecule has 0 radical (unpaired) electrons. The zero-order valence-corrected chi connectivity index (χ0v) is 11.6. The standard InChI is InChI=1S/C14H18N2O4/c1-3-11-6-4-9(2)15(11)14(18)10-5-7-12(16(19)20)13(17)8-10/h5,7-9,11,17H,3-4,6H2,1-2H3. The van der Waals surface area contributed by atoms with Gasteiger partial charge in [-0.25, -0.2) is 0 Å². The van der Waals surface area contributed by atoms with Crippen molar-refractivity contribution in [3.63, 3.8) is 0 Å². The van der Waals surface area contributed by atoms with Gasteiger partial charge in [0.2, 0.25) is 0 Å². The largest absolute Gasteiger partial charge is 0.502 e. The van der Waals surface area contributed by atoms with Crippen molar-refractivity contribution in [1.29, 1.82) is 0 Å². The van der Waals surface area contributed by atoms with Gasteiger partial charge in [-0.3, -0.25) is 14.9 Å². The molecule has 0 aliphatic carbocycles. The summed E-state index contributed by atoms with van der Waals surface area (Å²) in [5.41, 5.74) is -0.0941. The van der Waals surface area contributed by atoms with Gasteiger partial charge in [-0.2, -0.15) is 0 Å². The number of amides is 1. The number of likely N-dealkylation sites (tertiary alicyclic amines) is 1. The van der Waals surface area contributed by atoms with Gasteiger partial charge in [0, 0.05) is 23.7 Å². The number of rotatable bonds is 3.